The van der Waals surface area contributed by atoms with Crippen LogP contribution in [0.2, 0.25) is 0 Å². The first-order chi connectivity index (χ1) is 13.5. The zero-order valence-electron chi connectivity index (χ0n) is 15.1. The Hall–Kier alpha value is -2.23. The largest absolute Gasteiger partial charge is 0.433 e. The number of nitrogens with zero attached hydrogens (tertiary/aromatic N) is 3. The normalized spacial score (nSPS) is 15.8. The maximum Gasteiger partial charge on any atom is 0.433 e. The van der Waals surface area contributed by atoms with Crippen molar-refractivity contribution in [1.29, 1.82) is 0 Å². The van der Waals surface area contributed by atoms with Crippen LogP contribution in [0.4, 0.5) is 19.0 Å². The second-order valence-electron chi connectivity index (χ2n) is 6.64. The summed E-state index contributed by atoms with van der Waals surface area (Å²) in [5.41, 5.74) is 0.846. The fraction of sp³-hybridized carbons (Fsp3) is 0.368. The van der Waals surface area contributed by atoms with E-state index in [0.717, 1.165) is 44.4 Å². The number of thiophene rings is 1. The van der Waals surface area contributed by atoms with Gasteiger partial charge >= 0.3 is 6.18 Å². The summed E-state index contributed by atoms with van der Waals surface area (Å²) >= 11 is 1.48. The highest BCUT2D eigenvalue weighted by atomic mass is 32.1. The summed E-state index contributed by atoms with van der Waals surface area (Å²) in [5.74, 6) is 0.560. The van der Waals surface area contributed by atoms with Gasteiger partial charge in [0, 0.05) is 56.4 Å². The molecule has 0 amide bonds. The van der Waals surface area contributed by atoms with Gasteiger partial charge in [0.1, 0.15) is 11.5 Å². The SMILES string of the molecule is FC(F)(F)c1ccc2c(NCCN3CCNCC3)ncc(-c3ccsc3)c2n1. The molecule has 4 rings (SSSR count). The van der Waals surface area contributed by atoms with Gasteiger partial charge in [-0.2, -0.15) is 24.5 Å². The summed E-state index contributed by atoms with van der Waals surface area (Å²) < 4.78 is 39.6. The molecule has 1 saturated heterocycles. The van der Waals surface area contributed by atoms with Gasteiger partial charge in [0.15, 0.2) is 0 Å². The molecule has 0 bridgehead atoms. The number of halogens is 3. The summed E-state index contributed by atoms with van der Waals surface area (Å²) in [4.78, 5) is 10.8. The van der Waals surface area contributed by atoms with Gasteiger partial charge in [0.2, 0.25) is 0 Å². The Labute approximate surface area is 164 Å². The van der Waals surface area contributed by atoms with Crippen molar-refractivity contribution in [2.45, 2.75) is 6.18 Å². The molecule has 4 heterocycles. The lowest BCUT2D eigenvalue weighted by Gasteiger charge is -2.27. The minimum absolute atomic E-state index is 0.313. The van der Waals surface area contributed by atoms with E-state index in [1.165, 1.54) is 17.4 Å². The predicted octanol–water partition coefficient (Wildman–Crippen LogP) is 3.69. The average molecular weight is 407 g/mol. The van der Waals surface area contributed by atoms with Gasteiger partial charge in [0.05, 0.1) is 5.52 Å². The molecule has 5 nitrogen and oxygen atoms in total. The molecular formula is C19H20F3N5S. The third-order valence-electron chi connectivity index (χ3n) is 4.78. The van der Waals surface area contributed by atoms with Crippen LogP contribution in [0.3, 0.4) is 0 Å². The molecule has 1 fully saturated rings. The number of nitrogens with one attached hydrogen (secondary N) is 2. The van der Waals surface area contributed by atoms with Crippen molar-refractivity contribution in [2.75, 3.05) is 44.6 Å². The van der Waals surface area contributed by atoms with Crippen LogP contribution in [0.15, 0.2) is 35.2 Å². The highest BCUT2D eigenvalue weighted by Crippen LogP contribution is 2.35. The van der Waals surface area contributed by atoms with Crippen LogP contribution >= 0.6 is 11.3 Å². The minimum atomic E-state index is -4.49. The zero-order valence-corrected chi connectivity index (χ0v) is 15.9. The maximum atomic E-state index is 13.2. The molecule has 0 saturated carbocycles. The Balaban J connectivity index is 1.65. The molecule has 1 aliphatic heterocycles. The number of hydrogen-bond acceptors (Lipinski definition) is 6. The van der Waals surface area contributed by atoms with Crippen LogP contribution < -0.4 is 10.6 Å². The van der Waals surface area contributed by atoms with Crippen molar-refractivity contribution >= 4 is 28.1 Å². The van der Waals surface area contributed by atoms with Gasteiger partial charge in [-0.25, -0.2) is 9.97 Å². The fourth-order valence-corrected chi connectivity index (χ4v) is 3.97. The molecule has 148 valence electrons. The average Bonchev–Trinajstić information content (AvgIpc) is 3.22. The van der Waals surface area contributed by atoms with Crippen molar-refractivity contribution in [1.82, 2.24) is 20.2 Å². The van der Waals surface area contributed by atoms with Gasteiger partial charge < -0.3 is 10.6 Å². The number of pyridine rings is 2. The molecule has 1 aliphatic rings. The van der Waals surface area contributed by atoms with E-state index in [2.05, 4.69) is 25.5 Å². The molecule has 0 radical (unpaired) electrons. The van der Waals surface area contributed by atoms with E-state index in [0.29, 0.717) is 28.8 Å². The van der Waals surface area contributed by atoms with Crippen molar-refractivity contribution in [3.63, 3.8) is 0 Å². The first kappa shape index (κ1) is 19.1. The monoisotopic (exact) mass is 407 g/mol. The van der Waals surface area contributed by atoms with E-state index in [9.17, 15) is 13.2 Å². The third kappa shape index (κ3) is 4.11. The molecular weight excluding hydrogens is 387 g/mol. The second kappa shape index (κ2) is 8.02. The molecule has 3 aromatic heterocycles. The molecule has 9 heteroatoms. The quantitative estimate of drug-likeness (QED) is 0.676. The van der Waals surface area contributed by atoms with E-state index in [1.807, 2.05) is 16.8 Å². The van der Waals surface area contributed by atoms with Crippen molar-refractivity contribution in [2.24, 2.45) is 0 Å². The first-order valence-electron chi connectivity index (χ1n) is 9.09. The van der Waals surface area contributed by atoms with E-state index < -0.39 is 11.9 Å². The molecule has 28 heavy (non-hydrogen) atoms. The Morgan fingerprint density at radius 3 is 2.71 bits per heavy atom. The fourth-order valence-electron chi connectivity index (χ4n) is 3.31. The lowest BCUT2D eigenvalue weighted by atomic mass is 10.1. The van der Waals surface area contributed by atoms with Gasteiger partial charge in [-0.1, -0.05) is 0 Å². The van der Waals surface area contributed by atoms with Crippen molar-refractivity contribution < 1.29 is 13.2 Å². The molecule has 0 aromatic carbocycles. The number of rotatable bonds is 5. The van der Waals surface area contributed by atoms with Gasteiger partial charge in [-0.05, 0) is 34.5 Å². The van der Waals surface area contributed by atoms with E-state index >= 15 is 0 Å². The van der Waals surface area contributed by atoms with Crippen LogP contribution in [0.5, 0.6) is 0 Å². The summed E-state index contributed by atoms with van der Waals surface area (Å²) in [6.45, 7) is 5.44. The van der Waals surface area contributed by atoms with Crippen LogP contribution in [-0.2, 0) is 6.18 Å². The molecule has 3 aromatic rings. The Kier molecular flexibility index (Phi) is 5.47. The summed E-state index contributed by atoms with van der Waals surface area (Å²) in [5, 5.41) is 10.9. The van der Waals surface area contributed by atoms with E-state index in [4.69, 9.17) is 0 Å². The standard InChI is InChI=1S/C19H20F3N5S/c20-19(21,22)16-2-1-14-17(26-16)15(13-3-10-28-12-13)11-25-18(14)24-6-9-27-7-4-23-5-8-27/h1-3,10-12,23H,4-9H2,(H,24,25). The summed E-state index contributed by atoms with van der Waals surface area (Å²) in [7, 11) is 0. The Bertz CT molecular complexity index is 937. The zero-order chi connectivity index (χ0) is 19.6. The number of anilines is 1. The van der Waals surface area contributed by atoms with Crippen LogP contribution in [0.25, 0.3) is 22.0 Å². The number of aromatic nitrogens is 2. The third-order valence-corrected chi connectivity index (χ3v) is 5.46. The predicted molar refractivity (Wildman–Crippen MR) is 106 cm³/mol. The number of alkyl halides is 3. The summed E-state index contributed by atoms with van der Waals surface area (Å²) in [6.07, 6.45) is -2.88. The smallest absolute Gasteiger partial charge is 0.368 e. The van der Waals surface area contributed by atoms with Gasteiger partial charge in [-0.15, -0.1) is 0 Å². The van der Waals surface area contributed by atoms with Gasteiger partial charge in [0.25, 0.3) is 0 Å². The molecule has 0 atom stereocenters. The van der Waals surface area contributed by atoms with Crippen molar-refractivity contribution in [3.05, 3.63) is 40.8 Å². The Morgan fingerprint density at radius 2 is 2.00 bits per heavy atom. The topological polar surface area (TPSA) is 53.1 Å². The molecule has 0 spiro atoms. The highest BCUT2D eigenvalue weighted by molar-refractivity contribution is 7.08. The van der Waals surface area contributed by atoms with Crippen molar-refractivity contribution in [3.8, 4) is 11.1 Å². The first-order valence-corrected chi connectivity index (χ1v) is 10.0. The number of fused-ring (bicyclic) bond motifs is 1. The number of hydrogen-bond donors (Lipinski definition) is 2. The minimum Gasteiger partial charge on any atom is -0.368 e. The summed E-state index contributed by atoms with van der Waals surface area (Å²) in [6, 6.07) is 4.34. The second-order valence-corrected chi connectivity index (χ2v) is 7.42. The highest BCUT2D eigenvalue weighted by Gasteiger charge is 2.33. The van der Waals surface area contributed by atoms with Crippen LogP contribution in [0.1, 0.15) is 5.69 Å². The lowest BCUT2D eigenvalue weighted by Crippen LogP contribution is -2.45. The van der Waals surface area contributed by atoms with E-state index in [-0.39, 0.29) is 0 Å². The van der Waals surface area contributed by atoms with E-state index in [1.54, 1.807) is 6.20 Å². The Morgan fingerprint density at radius 1 is 1.18 bits per heavy atom. The van der Waals surface area contributed by atoms with Crippen LogP contribution in [0, 0.1) is 0 Å². The molecule has 2 N–H and O–H groups in total. The van der Waals surface area contributed by atoms with Gasteiger partial charge in [-0.3, -0.25) is 4.90 Å². The van der Waals surface area contributed by atoms with Crippen LogP contribution in [-0.4, -0.2) is 54.1 Å². The maximum absolute atomic E-state index is 13.2. The molecule has 0 aliphatic carbocycles. The molecule has 0 unspecified atom stereocenters. The number of piperazine rings is 1. The lowest BCUT2D eigenvalue weighted by molar-refractivity contribution is -0.140.